The SMILES string of the molecule is C.CC[C@@H](C(C)C)n1ncn(-c2ccc(N3CCN(c4ccc(-c5ccc(C(F)(F)C(O)(Cn6cnc(C)n6)c6ccccc6F)nc5)cc4)CC3)cc2)c1=O.CC[C@@H]([C@H](C)O)n1ncn(-c2ccc(N3CCN(c4ccc(-c5ccc(C(F)(F)C(O)(Cn6cnc(C)n6)c6ccccc6F)nc5)cc4)CC3)cc2)c1=O.[2H]N. The molecule has 0 amide bonds. The molecule has 0 bridgehead atoms. The van der Waals surface area contributed by atoms with Gasteiger partial charge in [-0.15, -0.1) is 0 Å². The van der Waals surface area contributed by atoms with Crippen LogP contribution < -0.4 is 37.1 Å². The number of alkyl halides is 4. The fourth-order valence-corrected chi connectivity index (χ4v) is 14.5. The number of piperazine rings is 2. The van der Waals surface area contributed by atoms with Gasteiger partial charge in [-0.25, -0.2) is 56.2 Å². The second-order valence-electron chi connectivity index (χ2n) is 28.1. The summed E-state index contributed by atoms with van der Waals surface area (Å²) < 4.78 is 108. The van der Waals surface area contributed by atoms with Gasteiger partial charge >= 0.3 is 23.2 Å². The molecule has 2 aliphatic rings. The molecule has 30 heteroatoms. The third-order valence-corrected chi connectivity index (χ3v) is 20.8. The Kier molecular flexibility index (Phi) is 24.2. The highest BCUT2D eigenvalue weighted by Crippen LogP contribution is 2.49. The first-order valence-corrected chi connectivity index (χ1v) is 36.6. The monoisotopic (exact) mass is 1540 g/mol. The highest BCUT2D eigenvalue weighted by Gasteiger charge is 2.59. The highest BCUT2D eigenvalue weighted by molar-refractivity contribution is 5.68. The van der Waals surface area contributed by atoms with Gasteiger partial charge < -0.3 is 41.1 Å². The molecule has 0 spiro atoms. The minimum Gasteiger partial charge on any atom is -0.391 e. The van der Waals surface area contributed by atoms with Gasteiger partial charge in [-0.2, -0.15) is 38.0 Å². The van der Waals surface area contributed by atoms with Crippen LogP contribution in [0.4, 0.5) is 49.1 Å². The van der Waals surface area contributed by atoms with Crippen molar-refractivity contribution >= 4 is 22.7 Å². The molecule has 0 saturated carbocycles. The molecule has 6 N–H and O–H groups in total. The molecule has 112 heavy (non-hydrogen) atoms. The lowest BCUT2D eigenvalue weighted by Gasteiger charge is -2.37. The fraction of sp³-hybridized carbons (Fsp3) is 0.341. The van der Waals surface area contributed by atoms with Crippen molar-refractivity contribution in [2.24, 2.45) is 5.92 Å². The number of nitrogens with zero attached hydrogens (tertiary/aromatic N) is 18. The van der Waals surface area contributed by atoms with Crippen molar-refractivity contribution in [3.05, 3.63) is 274 Å². The molecule has 2 aliphatic heterocycles. The highest BCUT2D eigenvalue weighted by atomic mass is 19.3. The van der Waals surface area contributed by atoms with Crippen molar-refractivity contribution in [2.75, 3.05) is 72.0 Å². The number of hydrogen-bond acceptors (Lipinski definition) is 18. The Bertz CT molecular complexity index is 4900. The summed E-state index contributed by atoms with van der Waals surface area (Å²) in [6.45, 7) is 17.8. The first kappa shape index (κ1) is 79.9. The smallest absolute Gasteiger partial charge is 0.350 e. The Balaban J connectivity index is 0.000000217. The average Bonchev–Trinajstić information content (AvgIpc) is 0.939. The predicted molar refractivity (Wildman–Crippen MR) is 419 cm³/mol. The molecule has 14 rings (SSSR count). The Morgan fingerprint density at radius 3 is 1.04 bits per heavy atom. The molecule has 2 fully saturated rings. The van der Waals surface area contributed by atoms with E-state index >= 15 is 17.6 Å². The first-order chi connectivity index (χ1) is 53.8. The molecular weight excluding hydrogens is 1450 g/mol. The Labute approximate surface area is 646 Å². The van der Waals surface area contributed by atoms with Gasteiger partial charge in [0.1, 0.15) is 61.4 Å². The van der Waals surface area contributed by atoms with Crippen molar-refractivity contribution in [1.29, 1.82) is 0 Å². The number of aliphatic hydroxyl groups excluding tert-OH is 1. The van der Waals surface area contributed by atoms with Gasteiger partial charge in [0.25, 0.3) is 0 Å². The van der Waals surface area contributed by atoms with Gasteiger partial charge in [0.2, 0.25) is 0 Å². The van der Waals surface area contributed by atoms with Crippen LogP contribution >= 0.6 is 0 Å². The number of pyridine rings is 2. The summed E-state index contributed by atoms with van der Waals surface area (Å²) in [5, 5.41) is 50.0. The third kappa shape index (κ3) is 16.4. The number of benzene rings is 6. The summed E-state index contributed by atoms with van der Waals surface area (Å²) in [5.41, 5.74) is -0.629. The Morgan fingerprint density at radius 2 is 0.759 bits per heavy atom. The summed E-state index contributed by atoms with van der Waals surface area (Å²) in [6, 6.07) is 46.2. The molecule has 6 aromatic carbocycles. The zero-order valence-electron chi connectivity index (χ0n) is 63.5. The Hall–Kier alpha value is -11.6. The van der Waals surface area contributed by atoms with Crippen LogP contribution in [0.15, 0.2) is 217 Å². The molecule has 12 aromatic rings. The third-order valence-electron chi connectivity index (χ3n) is 20.8. The van der Waals surface area contributed by atoms with Crippen LogP contribution in [0.25, 0.3) is 33.6 Å². The summed E-state index contributed by atoms with van der Waals surface area (Å²) in [5.74, 6) is -9.02. The molecule has 5 atom stereocenters. The number of halogens is 6. The second-order valence-corrected chi connectivity index (χ2v) is 28.1. The molecule has 0 radical (unpaired) electrons. The summed E-state index contributed by atoms with van der Waals surface area (Å²) in [4.78, 5) is 51.3. The zero-order valence-corrected chi connectivity index (χ0v) is 62.5. The molecule has 6 aromatic heterocycles. The van der Waals surface area contributed by atoms with Gasteiger partial charge in [0, 0.05) is 110 Å². The maximum Gasteiger partial charge on any atom is 0.350 e. The lowest BCUT2D eigenvalue weighted by atomic mass is 9.84. The van der Waals surface area contributed by atoms with E-state index in [1.165, 1.54) is 77.0 Å². The second kappa shape index (κ2) is 33.9. The number of aryl methyl sites for hydroxylation is 2. The fourth-order valence-electron chi connectivity index (χ4n) is 14.5. The largest absolute Gasteiger partial charge is 0.391 e. The van der Waals surface area contributed by atoms with Crippen LogP contribution in [-0.4, -0.2) is 142 Å². The van der Waals surface area contributed by atoms with Crippen molar-refractivity contribution in [1.82, 2.24) is 74.3 Å². The van der Waals surface area contributed by atoms with Crippen molar-refractivity contribution in [2.45, 2.75) is 123 Å². The predicted octanol–water partition coefficient (Wildman–Crippen LogP) is 13.0. The van der Waals surface area contributed by atoms with E-state index in [2.05, 4.69) is 86.8 Å². The van der Waals surface area contributed by atoms with Crippen molar-refractivity contribution in [3.63, 3.8) is 0 Å². The molecule has 24 nitrogen and oxygen atoms in total. The standard InChI is InChI=1S/C41H44F3N9O2.C40H42F3N9O3.CH4.H3N/c1-5-37(28(2)3)53-39(54)52(27-47-53)34-17-15-33(16-18-34)50-22-20-49(21-23-50)32-13-10-30(11-14-32)31-12-19-38(45-24-31)41(43,44)40(55,25-51-26-46-29(4)48-51)35-8-6-7-9-36(35)42;1-4-36(27(2)53)52-38(54)51(26-46-52)33-16-14-32(15-17-33)49-21-19-48(20-22-49)31-12-9-29(10-13-31)30-11-18-37(44-23-30)40(42,43)39(55,24-50-25-45-28(3)47-50)34-7-5-6-8-35(34)41;;/h6-19,24,26-28,37,55H,5,20-23,25H2,1-4H3;5-18,23,25-27,36,53,55H,4,19-22,24H2,1-3H3;1H4;1H3/t37-,40?;27-,36-,39?;;/m00../s1/i/hD. The first-order valence-electron chi connectivity index (χ1n) is 37.1. The number of aromatic nitrogens is 14. The summed E-state index contributed by atoms with van der Waals surface area (Å²) in [7, 11) is 0. The van der Waals surface area contributed by atoms with Crippen LogP contribution in [0, 0.1) is 31.4 Å². The van der Waals surface area contributed by atoms with Crippen LogP contribution in [0.3, 0.4) is 0 Å². The van der Waals surface area contributed by atoms with Gasteiger partial charge in [-0.05, 0) is 148 Å². The Morgan fingerprint density at radius 1 is 0.446 bits per heavy atom. The van der Waals surface area contributed by atoms with E-state index in [0.29, 0.717) is 40.8 Å². The van der Waals surface area contributed by atoms with Gasteiger partial charge in [-0.3, -0.25) is 9.97 Å². The minimum atomic E-state index is -4.01. The molecule has 8 heterocycles. The van der Waals surface area contributed by atoms with E-state index < -0.39 is 82.4 Å². The van der Waals surface area contributed by atoms with Gasteiger partial charge in [-0.1, -0.05) is 108 Å². The number of aliphatic hydroxyl groups is 3. The quantitative estimate of drug-likeness (QED) is 0.0409. The normalized spacial score (nSPS) is 15.4. The van der Waals surface area contributed by atoms with E-state index in [0.717, 1.165) is 144 Å². The topological polar surface area (TPSA) is 275 Å². The molecule has 2 saturated heterocycles. The van der Waals surface area contributed by atoms with Crippen molar-refractivity contribution in [3.8, 4) is 33.6 Å². The minimum absolute atomic E-state index is 0. The summed E-state index contributed by atoms with van der Waals surface area (Å²) in [6.07, 6.45) is 12.6. The lowest BCUT2D eigenvalue weighted by Crippen LogP contribution is -2.48. The summed E-state index contributed by atoms with van der Waals surface area (Å²) >= 11 is 0. The van der Waals surface area contributed by atoms with E-state index in [1.807, 2.05) is 104 Å². The van der Waals surface area contributed by atoms with Crippen LogP contribution in [0.5, 0.6) is 0 Å². The maximum absolute atomic E-state index is 16.3. The van der Waals surface area contributed by atoms with Crippen LogP contribution in [0.2, 0.25) is 1.41 Å². The van der Waals surface area contributed by atoms with E-state index in [1.54, 1.807) is 36.3 Å². The van der Waals surface area contributed by atoms with Crippen LogP contribution in [-0.2, 0) is 36.1 Å². The van der Waals surface area contributed by atoms with Gasteiger partial charge in [0.15, 0.2) is 11.2 Å². The maximum atomic E-state index is 16.3. The molecular formula is C82H93F6N19O5. The lowest BCUT2D eigenvalue weighted by molar-refractivity contribution is -0.207. The zero-order chi connectivity index (χ0) is 79.8. The molecule has 588 valence electrons. The van der Waals surface area contributed by atoms with Crippen molar-refractivity contribution < 1.29 is 43.1 Å². The number of hydrogen-bond donors (Lipinski definition) is 4. The van der Waals surface area contributed by atoms with Gasteiger partial charge in [0.05, 0.1) is 42.7 Å². The number of rotatable bonds is 24. The van der Waals surface area contributed by atoms with E-state index in [9.17, 15) is 33.7 Å². The molecule has 0 aliphatic carbocycles. The average molecular weight is 1540 g/mol. The number of anilines is 4. The van der Waals surface area contributed by atoms with Crippen LogP contribution in [0.1, 0.15) is 101 Å². The van der Waals surface area contributed by atoms with E-state index in [4.69, 9.17) is 1.41 Å². The molecule has 2 unspecified atom stereocenters. The van der Waals surface area contributed by atoms with E-state index in [-0.39, 0.29) is 24.8 Å².